The summed E-state index contributed by atoms with van der Waals surface area (Å²) < 4.78 is 5.54. The third-order valence-electron chi connectivity index (χ3n) is 4.70. The van der Waals surface area contributed by atoms with Crippen LogP contribution in [0.2, 0.25) is 5.02 Å². The van der Waals surface area contributed by atoms with E-state index in [-0.39, 0.29) is 11.6 Å². The third-order valence-corrected chi connectivity index (χ3v) is 5.82. The Kier molecular flexibility index (Phi) is 5.61. The lowest BCUT2D eigenvalue weighted by Gasteiger charge is -2.17. The minimum Gasteiger partial charge on any atom is -0.494 e. The standard InChI is InChI=1S/C23H19ClN2O3S/c1-3-29-17-7-4-6-16(13-17)26-22(27)20(19-8-5-11-30-19)21(23(26)28)25-18-12-15(24)10-9-14(18)2/h4-13,25H,3H2,1-2H3. The minimum atomic E-state index is -0.420. The number of aryl methyl sites for hydroxylation is 1. The second kappa shape index (κ2) is 8.34. The summed E-state index contributed by atoms with van der Waals surface area (Å²) >= 11 is 7.55. The van der Waals surface area contributed by atoms with Crippen LogP contribution >= 0.6 is 22.9 Å². The van der Waals surface area contributed by atoms with Crippen molar-refractivity contribution in [2.75, 3.05) is 16.8 Å². The Morgan fingerprint density at radius 2 is 1.90 bits per heavy atom. The van der Waals surface area contributed by atoms with Crippen LogP contribution in [0.25, 0.3) is 5.57 Å². The van der Waals surface area contributed by atoms with Gasteiger partial charge in [-0.1, -0.05) is 29.8 Å². The Labute approximate surface area is 183 Å². The Hall–Kier alpha value is -3.09. The van der Waals surface area contributed by atoms with Crippen LogP contribution < -0.4 is 15.0 Å². The average Bonchev–Trinajstić information content (AvgIpc) is 3.32. The Morgan fingerprint density at radius 1 is 1.07 bits per heavy atom. The smallest absolute Gasteiger partial charge is 0.282 e. The van der Waals surface area contributed by atoms with Crippen molar-refractivity contribution in [2.24, 2.45) is 0 Å². The zero-order valence-corrected chi connectivity index (χ0v) is 18.0. The van der Waals surface area contributed by atoms with Gasteiger partial charge in [0.05, 0.1) is 17.9 Å². The molecule has 0 unspecified atom stereocenters. The topological polar surface area (TPSA) is 58.6 Å². The zero-order valence-electron chi connectivity index (χ0n) is 16.4. The van der Waals surface area contributed by atoms with Crippen molar-refractivity contribution in [3.63, 3.8) is 0 Å². The van der Waals surface area contributed by atoms with E-state index in [2.05, 4.69) is 5.32 Å². The van der Waals surface area contributed by atoms with Gasteiger partial charge in [0.25, 0.3) is 11.8 Å². The van der Waals surface area contributed by atoms with Gasteiger partial charge in [-0.2, -0.15) is 0 Å². The van der Waals surface area contributed by atoms with Crippen molar-refractivity contribution in [3.05, 3.63) is 81.1 Å². The van der Waals surface area contributed by atoms with E-state index in [9.17, 15) is 9.59 Å². The van der Waals surface area contributed by atoms with Gasteiger partial charge in [-0.05, 0) is 55.1 Å². The summed E-state index contributed by atoms with van der Waals surface area (Å²) in [6.07, 6.45) is 0. The van der Waals surface area contributed by atoms with Gasteiger partial charge < -0.3 is 10.1 Å². The predicted octanol–water partition coefficient (Wildman–Crippen LogP) is 5.51. The van der Waals surface area contributed by atoms with Crippen molar-refractivity contribution in [2.45, 2.75) is 13.8 Å². The molecule has 1 aliphatic rings. The predicted molar refractivity (Wildman–Crippen MR) is 121 cm³/mol. The molecule has 0 bridgehead atoms. The molecule has 0 saturated heterocycles. The van der Waals surface area contributed by atoms with E-state index >= 15 is 0 Å². The number of hydrogen-bond acceptors (Lipinski definition) is 5. The highest BCUT2D eigenvalue weighted by molar-refractivity contribution is 7.11. The van der Waals surface area contributed by atoms with Crippen LogP contribution in [0.4, 0.5) is 11.4 Å². The number of nitrogens with one attached hydrogen (secondary N) is 1. The largest absolute Gasteiger partial charge is 0.494 e. The van der Waals surface area contributed by atoms with Gasteiger partial charge >= 0.3 is 0 Å². The van der Waals surface area contributed by atoms with Crippen LogP contribution in [0.15, 0.2) is 65.7 Å². The molecule has 3 aromatic rings. The highest BCUT2D eigenvalue weighted by Crippen LogP contribution is 2.37. The van der Waals surface area contributed by atoms with Crippen LogP contribution in [0.5, 0.6) is 5.75 Å². The fraction of sp³-hybridized carbons (Fsp3) is 0.130. The maximum absolute atomic E-state index is 13.4. The minimum absolute atomic E-state index is 0.231. The normalized spacial score (nSPS) is 13.9. The maximum atomic E-state index is 13.4. The van der Waals surface area contributed by atoms with E-state index in [1.54, 1.807) is 36.4 Å². The quantitative estimate of drug-likeness (QED) is 0.516. The SMILES string of the molecule is CCOc1cccc(N2C(=O)C(Nc3cc(Cl)ccc3C)=C(c3cccs3)C2=O)c1. The summed E-state index contributed by atoms with van der Waals surface area (Å²) in [4.78, 5) is 28.7. The van der Waals surface area contributed by atoms with Crippen LogP contribution in [0.3, 0.4) is 0 Å². The van der Waals surface area contributed by atoms with Crippen molar-refractivity contribution in [1.29, 1.82) is 0 Å². The number of anilines is 2. The van der Waals surface area contributed by atoms with Crippen LogP contribution in [0.1, 0.15) is 17.4 Å². The van der Waals surface area contributed by atoms with Crippen LogP contribution in [-0.4, -0.2) is 18.4 Å². The summed E-state index contributed by atoms with van der Waals surface area (Å²) in [5, 5.41) is 5.58. The Balaban J connectivity index is 1.79. The summed E-state index contributed by atoms with van der Waals surface area (Å²) in [7, 11) is 0. The molecule has 7 heteroatoms. The lowest BCUT2D eigenvalue weighted by atomic mass is 10.1. The molecule has 4 rings (SSSR count). The number of thiophene rings is 1. The first kappa shape index (κ1) is 20.2. The second-order valence-electron chi connectivity index (χ2n) is 6.69. The molecule has 30 heavy (non-hydrogen) atoms. The Bertz CT molecular complexity index is 1160. The molecule has 2 amide bonds. The van der Waals surface area contributed by atoms with Gasteiger partial charge in [-0.25, -0.2) is 4.90 Å². The summed E-state index contributed by atoms with van der Waals surface area (Å²) in [5.41, 5.74) is 2.63. The number of benzene rings is 2. The van der Waals surface area contributed by atoms with Gasteiger partial charge in [-0.15, -0.1) is 11.3 Å². The highest BCUT2D eigenvalue weighted by Gasteiger charge is 2.41. The number of ether oxygens (including phenoxy) is 1. The van der Waals surface area contributed by atoms with E-state index in [0.29, 0.717) is 34.3 Å². The third kappa shape index (κ3) is 3.72. The van der Waals surface area contributed by atoms with Crippen molar-refractivity contribution in [3.8, 4) is 5.75 Å². The van der Waals surface area contributed by atoms with Crippen molar-refractivity contribution in [1.82, 2.24) is 0 Å². The monoisotopic (exact) mass is 438 g/mol. The molecule has 5 nitrogen and oxygen atoms in total. The molecule has 1 aromatic heterocycles. The number of imide groups is 1. The van der Waals surface area contributed by atoms with Crippen LogP contribution in [0, 0.1) is 6.92 Å². The number of hydrogen-bond donors (Lipinski definition) is 1. The first-order chi connectivity index (χ1) is 14.5. The first-order valence-electron chi connectivity index (χ1n) is 9.42. The van der Waals surface area contributed by atoms with E-state index in [0.717, 1.165) is 10.4 Å². The van der Waals surface area contributed by atoms with E-state index in [1.165, 1.54) is 16.2 Å². The van der Waals surface area contributed by atoms with Gasteiger partial charge in [-0.3, -0.25) is 9.59 Å². The maximum Gasteiger partial charge on any atom is 0.282 e. The summed E-state index contributed by atoms with van der Waals surface area (Å²) in [6.45, 7) is 4.28. The first-order valence-corrected chi connectivity index (χ1v) is 10.7. The number of amides is 2. The molecule has 0 spiro atoms. The second-order valence-corrected chi connectivity index (χ2v) is 8.07. The number of nitrogens with zero attached hydrogens (tertiary/aromatic N) is 1. The molecule has 0 aliphatic carbocycles. The fourth-order valence-corrected chi connectivity index (χ4v) is 4.21. The molecule has 0 atom stereocenters. The fourth-order valence-electron chi connectivity index (χ4n) is 3.27. The van der Waals surface area contributed by atoms with Gasteiger partial charge in [0.1, 0.15) is 11.4 Å². The summed E-state index contributed by atoms with van der Waals surface area (Å²) in [5.74, 6) is -0.199. The van der Waals surface area contributed by atoms with Crippen LogP contribution in [-0.2, 0) is 9.59 Å². The number of rotatable bonds is 6. The number of carbonyl (C=O) groups is 2. The molecule has 152 valence electrons. The Morgan fingerprint density at radius 3 is 2.63 bits per heavy atom. The van der Waals surface area contributed by atoms with Gasteiger partial charge in [0.15, 0.2) is 0 Å². The molecule has 0 fully saturated rings. The van der Waals surface area contributed by atoms with Gasteiger partial charge in [0.2, 0.25) is 0 Å². The zero-order chi connectivity index (χ0) is 21.3. The van der Waals surface area contributed by atoms with E-state index in [4.69, 9.17) is 16.3 Å². The molecule has 0 saturated carbocycles. The van der Waals surface area contributed by atoms with E-state index < -0.39 is 5.91 Å². The molecular weight excluding hydrogens is 420 g/mol. The molecule has 0 radical (unpaired) electrons. The molecule has 1 aliphatic heterocycles. The number of halogens is 1. The summed E-state index contributed by atoms with van der Waals surface area (Å²) in [6, 6.07) is 16.0. The molecular formula is C23H19ClN2O3S. The van der Waals surface area contributed by atoms with E-state index in [1.807, 2.05) is 37.4 Å². The molecule has 1 N–H and O–H groups in total. The lowest BCUT2D eigenvalue weighted by molar-refractivity contribution is -0.120. The lowest BCUT2D eigenvalue weighted by Crippen LogP contribution is -2.32. The molecule has 2 aromatic carbocycles. The highest BCUT2D eigenvalue weighted by atomic mass is 35.5. The molecule has 2 heterocycles. The van der Waals surface area contributed by atoms with Crippen molar-refractivity contribution < 1.29 is 14.3 Å². The van der Waals surface area contributed by atoms with Crippen molar-refractivity contribution >= 4 is 51.7 Å². The average molecular weight is 439 g/mol. The number of carbonyl (C=O) groups excluding carboxylic acids is 2. The van der Waals surface area contributed by atoms with Gasteiger partial charge in [0, 0.05) is 21.7 Å².